The van der Waals surface area contributed by atoms with Crippen LogP contribution in [0, 0.1) is 22.7 Å². The maximum atomic E-state index is 8.67. The summed E-state index contributed by atoms with van der Waals surface area (Å²) in [5.74, 6) is 2.74. The van der Waals surface area contributed by atoms with Crippen molar-refractivity contribution in [2.24, 2.45) is 11.3 Å². The van der Waals surface area contributed by atoms with Gasteiger partial charge in [0.25, 0.3) is 0 Å². The van der Waals surface area contributed by atoms with Crippen LogP contribution in [0.3, 0.4) is 0 Å². The highest BCUT2D eigenvalue weighted by atomic mass is 16.5. The maximum Gasteiger partial charge on any atom is 0.226 e. The highest BCUT2D eigenvalue weighted by molar-refractivity contribution is 5.69. The molecule has 1 aromatic carbocycles. The summed E-state index contributed by atoms with van der Waals surface area (Å²) in [7, 11) is 0. The van der Waals surface area contributed by atoms with Crippen molar-refractivity contribution in [3.05, 3.63) is 30.5 Å². The van der Waals surface area contributed by atoms with Crippen molar-refractivity contribution in [3.63, 3.8) is 0 Å². The van der Waals surface area contributed by atoms with Gasteiger partial charge in [-0.3, -0.25) is 0 Å². The zero-order chi connectivity index (χ0) is 21.0. The Morgan fingerprint density at radius 3 is 2.53 bits per heavy atom. The minimum atomic E-state index is 0.0374. The number of aromatic nitrogens is 2. The number of rotatable bonds is 8. The number of hydrogen-bond donors (Lipinski definition) is 1. The molecular formula is C24H30N4O2. The summed E-state index contributed by atoms with van der Waals surface area (Å²) in [5, 5.41) is 12.2. The number of hydrogen-bond acceptors (Lipinski definition) is 6. The van der Waals surface area contributed by atoms with Crippen molar-refractivity contribution in [1.29, 1.82) is 5.26 Å². The summed E-state index contributed by atoms with van der Waals surface area (Å²) < 4.78 is 11.5. The van der Waals surface area contributed by atoms with Gasteiger partial charge in [0, 0.05) is 17.7 Å². The molecule has 0 aliphatic heterocycles. The predicted molar refractivity (Wildman–Crippen MR) is 116 cm³/mol. The smallest absolute Gasteiger partial charge is 0.226 e. The van der Waals surface area contributed by atoms with E-state index in [1.54, 1.807) is 0 Å². The third kappa shape index (κ3) is 5.21. The monoisotopic (exact) mass is 406 g/mol. The first-order valence-corrected chi connectivity index (χ1v) is 10.9. The van der Waals surface area contributed by atoms with E-state index in [0.717, 1.165) is 29.9 Å². The van der Waals surface area contributed by atoms with Gasteiger partial charge in [-0.25, -0.2) is 4.98 Å². The molecule has 0 radical (unpaired) electrons. The Morgan fingerprint density at radius 2 is 1.87 bits per heavy atom. The first kappa shape index (κ1) is 20.5. The Morgan fingerprint density at radius 1 is 1.13 bits per heavy atom. The normalized spacial score (nSPS) is 22.0. The number of benzene rings is 1. The summed E-state index contributed by atoms with van der Waals surface area (Å²) in [5.41, 5.74) is 2.10. The minimum Gasteiger partial charge on any atom is -0.479 e. The third-order valence-electron chi connectivity index (χ3n) is 6.23. The van der Waals surface area contributed by atoms with Crippen LogP contribution >= 0.6 is 0 Å². The van der Waals surface area contributed by atoms with Crippen molar-refractivity contribution in [1.82, 2.24) is 9.97 Å². The largest absolute Gasteiger partial charge is 0.479 e. The molecule has 2 fully saturated rings. The quantitative estimate of drug-likeness (QED) is 0.648. The first-order chi connectivity index (χ1) is 14.5. The highest BCUT2D eigenvalue weighted by Gasteiger charge is 2.38. The lowest BCUT2D eigenvalue weighted by Gasteiger charge is -2.27. The molecule has 6 nitrogen and oxygen atoms in total. The van der Waals surface area contributed by atoms with Crippen molar-refractivity contribution in [2.75, 3.05) is 18.5 Å². The SMILES string of the molecule is CC1CCC(Nc2ncc(-c3ccc(OCC#N)cc3)c(OCC3(C)CC3)n2)CC1. The van der Waals surface area contributed by atoms with Crippen LogP contribution in [0.2, 0.25) is 0 Å². The van der Waals surface area contributed by atoms with E-state index in [4.69, 9.17) is 19.7 Å². The Bertz CT molecular complexity index is 894. The van der Waals surface area contributed by atoms with Gasteiger partial charge in [0.05, 0.1) is 12.2 Å². The molecule has 2 aliphatic rings. The molecule has 2 aliphatic carbocycles. The molecule has 158 valence electrons. The highest BCUT2D eigenvalue weighted by Crippen LogP contribution is 2.45. The zero-order valence-corrected chi connectivity index (χ0v) is 17.9. The second kappa shape index (κ2) is 8.91. The van der Waals surface area contributed by atoms with Crippen LogP contribution in [0.4, 0.5) is 5.95 Å². The third-order valence-corrected chi connectivity index (χ3v) is 6.23. The maximum absolute atomic E-state index is 8.67. The van der Waals surface area contributed by atoms with E-state index in [-0.39, 0.29) is 12.0 Å². The first-order valence-electron chi connectivity index (χ1n) is 10.9. The lowest BCUT2D eigenvalue weighted by atomic mass is 9.87. The van der Waals surface area contributed by atoms with Crippen LogP contribution in [0.15, 0.2) is 30.5 Å². The van der Waals surface area contributed by atoms with Crippen molar-refractivity contribution < 1.29 is 9.47 Å². The van der Waals surface area contributed by atoms with Gasteiger partial charge in [-0.15, -0.1) is 0 Å². The molecule has 0 atom stereocenters. The van der Waals surface area contributed by atoms with E-state index in [9.17, 15) is 0 Å². The van der Waals surface area contributed by atoms with Crippen LogP contribution in [-0.2, 0) is 0 Å². The number of ether oxygens (including phenoxy) is 2. The summed E-state index contributed by atoms with van der Waals surface area (Å²) in [4.78, 5) is 9.33. The van der Waals surface area contributed by atoms with Gasteiger partial charge >= 0.3 is 0 Å². The molecule has 0 amide bonds. The van der Waals surface area contributed by atoms with Gasteiger partial charge in [-0.05, 0) is 62.1 Å². The van der Waals surface area contributed by atoms with E-state index in [1.807, 2.05) is 36.5 Å². The molecule has 30 heavy (non-hydrogen) atoms. The standard InChI is InChI=1S/C24H30N4O2/c1-17-3-7-19(8-4-17)27-23-26-15-21(22(28-23)30-16-24(2)11-12-24)18-5-9-20(10-6-18)29-14-13-25/h5-6,9-10,15,17,19H,3-4,7-8,11-12,14,16H2,1-2H3,(H,26,27,28). The Labute approximate surface area is 178 Å². The minimum absolute atomic E-state index is 0.0374. The van der Waals surface area contributed by atoms with Crippen LogP contribution in [-0.4, -0.2) is 29.2 Å². The number of nitrogens with one attached hydrogen (secondary N) is 1. The molecule has 2 saturated carbocycles. The van der Waals surface area contributed by atoms with E-state index >= 15 is 0 Å². The van der Waals surface area contributed by atoms with Crippen molar-refractivity contribution in [3.8, 4) is 28.8 Å². The molecule has 4 rings (SSSR count). The fraction of sp³-hybridized carbons (Fsp3) is 0.542. The van der Waals surface area contributed by atoms with Gasteiger partial charge in [0.2, 0.25) is 11.8 Å². The van der Waals surface area contributed by atoms with Crippen LogP contribution in [0.5, 0.6) is 11.6 Å². The van der Waals surface area contributed by atoms with Gasteiger partial charge in [-0.1, -0.05) is 26.0 Å². The van der Waals surface area contributed by atoms with Crippen LogP contribution in [0.1, 0.15) is 52.4 Å². The van der Waals surface area contributed by atoms with E-state index in [0.29, 0.717) is 30.2 Å². The lowest BCUT2D eigenvalue weighted by Crippen LogP contribution is -2.26. The molecule has 0 unspecified atom stereocenters. The average molecular weight is 407 g/mol. The summed E-state index contributed by atoms with van der Waals surface area (Å²) >= 11 is 0. The van der Waals surface area contributed by atoms with Gasteiger partial charge in [0.15, 0.2) is 6.61 Å². The van der Waals surface area contributed by atoms with E-state index < -0.39 is 0 Å². The fourth-order valence-electron chi connectivity index (χ4n) is 3.78. The van der Waals surface area contributed by atoms with Gasteiger partial charge in [-0.2, -0.15) is 10.2 Å². The molecule has 6 heteroatoms. The molecule has 0 saturated heterocycles. The molecule has 0 bridgehead atoms. The van der Waals surface area contributed by atoms with Gasteiger partial charge in [0.1, 0.15) is 11.8 Å². The summed E-state index contributed by atoms with van der Waals surface area (Å²) in [6, 6.07) is 10.0. The number of anilines is 1. The summed E-state index contributed by atoms with van der Waals surface area (Å²) in [6.45, 7) is 5.27. The lowest BCUT2D eigenvalue weighted by molar-refractivity contribution is 0.239. The second-order valence-corrected chi connectivity index (χ2v) is 9.08. The molecule has 1 aromatic heterocycles. The predicted octanol–water partition coefficient (Wildman–Crippen LogP) is 5.22. The summed E-state index contributed by atoms with van der Waals surface area (Å²) in [6.07, 6.45) is 9.05. The fourth-order valence-corrected chi connectivity index (χ4v) is 3.78. The second-order valence-electron chi connectivity index (χ2n) is 9.08. The van der Waals surface area contributed by atoms with Crippen molar-refractivity contribution >= 4 is 5.95 Å². The van der Waals surface area contributed by atoms with Crippen molar-refractivity contribution in [2.45, 2.75) is 58.4 Å². The molecule has 2 aromatic rings. The van der Waals surface area contributed by atoms with Gasteiger partial charge < -0.3 is 14.8 Å². The van der Waals surface area contributed by atoms with Crippen LogP contribution in [0.25, 0.3) is 11.1 Å². The molecule has 1 heterocycles. The Kier molecular flexibility index (Phi) is 6.08. The van der Waals surface area contributed by atoms with Crippen LogP contribution < -0.4 is 14.8 Å². The Balaban J connectivity index is 1.53. The molecule has 0 spiro atoms. The number of nitrogens with zero attached hydrogens (tertiary/aromatic N) is 3. The zero-order valence-electron chi connectivity index (χ0n) is 17.9. The van der Waals surface area contributed by atoms with E-state index in [1.165, 1.54) is 25.7 Å². The number of nitriles is 1. The topological polar surface area (TPSA) is 80.1 Å². The molecular weight excluding hydrogens is 376 g/mol. The van der Waals surface area contributed by atoms with E-state index in [2.05, 4.69) is 24.1 Å². The molecule has 1 N–H and O–H groups in total. The average Bonchev–Trinajstić information content (AvgIpc) is 3.50. The Hall–Kier alpha value is -2.81.